The number of ether oxygens (including phenoxy) is 1. The van der Waals surface area contributed by atoms with E-state index in [0.717, 1.165) is 11.1 Å². The largest absolute Gasteiger partial charge is 0.468 e. The number of hydrogen-bond donors (Lipinski definition) is 0. The maximum absolute atomic E-state index is 11.3. The van der Waals surface area contributed by atoms with Crippen molar-refractivity contribution in [2.45, 2.75) is 24.3 Å². The van der Waals surface area contributed by atoms with Crippen LogP contribution in [-0.2, 0) is 9.53 Å². The second-order valence-electron chi connectivity index (χ2n) is 4.03. The van der Waals surface area contributed by atoms with Gasteiger partial charge in [-0.1, -0.05) is 29.5 Å². The molecule has 2 rings (SSSR count). The SMILES string of the molecule is COC(=O)[C@H](C)Sc1nnc(-c2cccc(C)c2)o1. The predicted molar refractivity (Wildman–Crippen MR) is 71.8 cm³/mol. The van der Waals surface area contributed by atoms with E-state index >= 15 is 0 Å². The molecule has 0 aliphatic carbocycles. The molecule has 0 saturated carbocycles. The average molecular weight is 278 g/mol. The van der Waals surface area contributed by atoms with Gasteiger partial charge in [-0.05, 0) is 26.0 Å². The van der Waals surface area contributed by atoms with Crippen molar-refractivity contribution >= 4 is 17.7 Å². The van der Waals surface area contributed by atoms with E-state index in [1.54, 1.807) is 6.92 Å². The maximum atomic E-state index is 11.3. The highest BCUT2D eigenvalue weighted by atomic mass is 32.2. The summed E-state index contributed by atoms with van der Waals surface area (Å²) < 4.78 is 10.2. The maximum Gasteiger partial charge on any atom is 0.319 e. The molecular weight excluding hydrogens is 264 g/mol. The summed E-state index contributed by atoms with van der Waals surface area (Å²) in [6.07, 6.45) is 0. The van der Waals surface area contributed by atoms with Gasteiger partial charge in [0.1, 0.15) is 5.25 Å². The molecule has 0 amide bonds. The molecule has 1 aromatic heterocycles. The molecule has 0 saturated heterocycles. The fourth-order valence-electron chi connectivity index (χ4n) is 1.52. The lowest BCUT2D eigenvalue weighted by Gasteiger charge is -2.04. The van der Waals surface area contributed by atoms with Gasteiger partial charge in [-0.3, -0.25) is 4.79 Å². The van der Waals surface area contributed by atoms with Crippen molar-refractivity contribution in [3.05, 3.63) is 29.8 Å². The van der Waals surface area contributed by atoms with Crippen LogP contribution in [0.5, 0.6) is 0 Å². The van der Waals surface area contributed by atoms with Crippen LogP contribution >= 0.6 is 11.8 Å². The van der Waals surface area contributed by atoms with E-state index < -0.39 is 0 Å². The molecule has 0 radical (unpaired) electrons. The summed E-state index contributed by atoms with van der Waals surface area (Å²) in [5.74, 6) is 0.128. The molecule has 5 nitrogen and oxygen atoms in total. The summed E-state index contributed by atoms with van der Waals surface area (Å²) in [4.78, 5) is 11.3. The third-order valence-corrected chi connectivity index (χ3v) is 3.39. The molecule has 6 heteroatoms. The third-order valence-electron chi connectivity index (χ3n) is 2.48. The third kappa shape index (κ3) is 3.35. The number of nitrogens with zero attached hydrogens (tertiary/aromatic N) is 2. The van der Waals surface area contributed by atoms with Gasteiger partial charge in [0.25, 0.3) is 5.22 Å². The molecule has 0 aliphatic heterocycles. The Bertz CT molecular complexity index is 583. The molecule has 0 fully saturated rings. The zero-order valence-corrected chi connectivity index (χ0v) is 11.7. The Morgan fingerprint density at radius 2 is 2.21 bits per heavy atom. The highest BCUT2D eigenvalue weighted by Crippen LogP contribution is 2.26. The molecule has 0 aliphatic rings. The molecule has 19 heavy (non-hydrogen) atoms. The Hall–Kier alpha value is -1.82. The van der Waals surface area contributed by atoms with Crippen molar-refractivity contribution in [2.75, 3.05) is 7.11 Å². The summed E-state index contributed by atoms with van der Waals surface area (Å²) in [5.41, 5.74) is 1.98. The molecule has 100 valence electrons. The number of rotatable bonds is 4. The molecule has 0 unspecified atom stereocenters. The molecule has 0 spiro atoms. The number of carbonyl (C=O) groups is 1. The van der Waals surface area contributed by atoms with Crippen LogP contribution in [0.25, 0.3) is 11.5 Å². The fourth-order valence-corrected chi connectivity index (χ4v) is 2.23. The Morgan fingerprint density at radius 1 is 1.42 bits per heavy atom. The standard InChI is InChI=1S/C13H14N2O3S/c1-8-5-4-6-10(7-8)11-14-15-13(18-11)19-9(2)12(16)17-3/h4-7,9H,1-3H3/t9-/m0/s1. The number of esters is 1. The first-order valence-electron chi connectivity index (χ1n) is 5.75. The van der Waals surface area contributed by atoms with Gasteiger partial charge in [-0.15, -0.1) is 10.2 Å². The van der Waals surface area contributed by atoms with Crippen LogP contribution in [-0.4, -0.2) is 28.5 Å². The van der Waals surface area contributed by atoms with Crippen LogP contribution in [0, 0.1) is 6.92 Å². The summed E-state index contributed by atoms with van der Waals surface area (Å²) >= 11 is 1.18. The normalized spacial score (nSPS) is 12.2. The van der Waals surface area contributed by atoms with E-state index in [1.807, 2.05) is 31.2 Å². The second-order valence-corrected chi connectivity index (χ2v) is 5.32. The average Bonchev–Trinajstić information content (AvgIpc) is 2.86. The van der Waals surface area contributed by atoms with Crippen molar-refractivity contribution in [3.63, 3.8) is 0 Å². The van der Waals surface area contributed by atoms with Gasteiger partial charge >= 0.3 is 5.97 Å². The summed E-state index contributed by atoms with van der Waals surface area (Å²) in [7, 11) is 1.35. The number of carbonyl (C=O) groups excluding carboxylic acids is 1. The van der Waals surface area contributed by atoms with Crippen LogP contribution in [0.4, 0.5) is 0 Å². The van der Waals surface area contributed by atoms with E-state index in [1.165, 1.54) is 18.9 Å². The van der Waals surface area contributed by atoms with Crippen molar-refractivity contribution in [2.24, 2.45) is 0 Å². The Balaban J connectivity index is 2.13. The summed E-state index contributed by atoms with van der Waals surface area (Å²) in [6.45, 7) is 3.72. The summed E-state index contributed by atoms with van der Waals surface area (Å²) in [6, 6.07) is 7.79. The number of hydrogen-bond acceptors (Lipinski definition) is 6. The monoisotopic (exact) mass is 278 g/mol. The van der Waals surface area contributed by atoms with Crippen LogP contribution in [0.15, 0.2) is 33.9 Å². The highest BCUT2D eigenvalue weighted by molar-refractivity contribution is 8.00. The molecule has 0 N–H and O–H groups in total. The van der Waals surface area contributed by atoms with Crippen molar-refractivity contribution in [1.29, 1.82) is 0 Å². The predicted octanol–water partition coefficient (Wildman–Crippen LogP) is 2.70. The van der Waals surface area contributed by atoms with Gasteiger partial charge in [0.2, 0.25) is 5.89 Å². The molecule has 0 bridgehead atoms. The van der Waals surface area contributed by atoms with Crippen LogP contribution in [0.1, 0.15) is 12.5 Å². The van der Waals surface area contributed by atoms with Gasteiger partial charge in [0, 0.05) is 5.56 Å². The topological polar surface area (TPSA) is 65.2 Å². The molecular formula is C13H14N2O3S. The lowest BCUT2D eigenvalue weighted by atomic mass is 10.1. The molecule has 1 atom stereocenters. The summed E-state index contributed by atoms with van der Waals surface area (Å²) in [5, 5.41) is 7.87. The molecule has 1 aromatic carbocycles. The number of methoxy groups -OCH3 is 1. The van der Waals surface area contributed by atoms with E-state index in [9.17, 15) is 4.79 Å². The van der Waals surface area contributed by atoms with Gasteiger partial charge in [0.05, 0.1) is 7.11 Å². The minimum atomic E-state index is -0.379. The quantitative estimate of drug-likeness (QED) is 0.633. The number of thioether (sulfide) groups is 1. The minimum absolute atomic E-state index is 0.319. The highest BCUT2D eigenvalue weighted by Gasteiger charge is 2.18. The van der Waals surface area contributed by atoms with Crippen molar-refractivity contribution in [1.82, 2.24) is 10.2 Å². The Labute approximate surface area is 115 Å². The van der Waals surface area contributed by atoms with Gasteiger partial charge in [-0.2, -0.15) is 0 Å². The van der Waals surface area contributed by atoms with Gasteiger partial charge in [-0.25, -0.2) is 0 Å². The van der Waals surface area contributed by atoms with Crippen molar-refractivity contribution < 1.29 is 13.9 Å². The lowest BCUT2D eigenvalue weighted by Crippen LogP contribution is -2.14. The van der Waals surface area contributed by atoms with E-state index in [2.05, 4.69) is 14.9 Å². The first-order valence-corrected chi connectivity index (χ1v) is 6.63. The van der Waals surface area contributed by atoms with E-state index in [4.69, 9.17) is 4.42 Å². The zero-order chi connectivity index (χ0) is 13.8. The number of aromatic nitrogens is 2. The first kappa shape index (κ1) is 13.6. The van der Waals surface area contributed by atoms with E-state index in [-0.39, 0.29) is 11.2 Å². The Morgan fingerprint density at radius 3 is 2.89 bits per heavy atom. The van der Waals surface area contributed by atoms with Crippen molar-refractivity contribution in [3.8, 4) is 11.5 Å². The van der Waals surface area contributed by atoms with Crippen LogP contribution < -0.4 is 0 Å². The van der Waals surface area contributed by atoms with Crippen LogP contribution in [0.2, 0.25) is 0 Å². The first-order chi connectivity index (χ1) is 9.10. The van der Waals surface area contributed by atoms with Gasteiger partial charge < -0.3 is 9.15 Å². The number of aryl methyl sites for hydroxylation is 1. The molecule has 2 aromatic rings. The number of benzene rings is 1. The molecule has 1 heterocycles. The van der Waals surface area contributed by atoms with Crippen LogP contribution in [0.3, 0.4) is 0 Å². The second kappa shape index (κ2) is 5.88. The fraction of sp³-hybridized carbons (Fsp3) is 0.308. The van der Waals surface area contributed by atoms with E-state index in [0.29, 0.717) is 11.1 Å². The lowest BCUT2D eigenvalue weighted by molar-refractivity contribution is -0.139. The smallest absolute Gasteiger partial charge is 0.319 e. The Kier molecular flexibility index (Phi) is 4.21. The zero-order valence-electron chi connectivity index (χ0n) is 10.9. The minimum Gasteiger partial charge on any atom is -0.468 e. The van der Waals surface area contributed by atoms with Gasteiger partial charge in [0.15, 0.2) is 0 Å².